The number of rotatable bonds is 7. The molecule has 0 saturated carbocycles. The average Bonchev–Trinajstić information content (AvgIpc) is 2.57. The summed E-state index contributed by atoms with van der Waals surface area (Å²) in [7, 11) is 0. The molecular formula is C19H21FN2O2. The summed E-state index contributed by atoms with van der Waals surface area (Å²) in [5.74, 6) is -1.73. The van der Waals surface area contributed by atoms with Crippen LogP contribution in [0.25, 0.3) is 0 Å². The summed E-state index contributed by atoms with van der Waals surface area (Å²) in [6.45, 7) is 1.70. The molecule has 2 atom stereocenters. The van der Waals surface area contributed by atoms with E-state index in [1.807, 2.05) is 30.3 Å². The number of amides is 2. The van der Waals surface area contributed by atoms with Crippen LogP contribution in [0.4, 0.5) is 4.39 Å². The quantitative estimate of drug-likeness (QED) is 0.818. The Morgan fingerprint density at radius 2 is 1.67 bits per heavy atom. The fourth-order valence-electron chi connectivity index (χ4n) is 2.47. The molecule has 0 aliphatic rings. The van der Waals surface area contributed by atoms with E-state index in [-0.39, 0.29) is 18.1 Å². The number of carbonyl (C=O) groups is 2. The third-order valence-electron chi connectivity index (χ3n) is 3.87. The SMILES string of the molecule is C[C@@H](Cc1ccccc1F)C(=O)N[C@H](Cc1ccccc1)C(N)=O. The summed E-state index contributed by atoms with van der Waals surface area (Å²) in [6.07, 6.45) is 0.587. The van der Waals surface area contributed by atoms with Crippen LogP contribution < -0.4 is 11.1 Å². The average molecular weight is 328 g/mol. The number of halogens is 1. The Kier molecular flexibility index (Phi) is 6.07. The second kappa shape index (κ2) is 8.24. The van der Waals surface area contributed by atoms with Gasteiger partial charge in [0, 0.05) is 12.3 Å². The summed E-state index contributed by atoms with van der Waals surface area (Å²) in [5.41, 5.74) is 6.77. The van der Waals surface area contributed by atoms with Crippen LogP contribution in [0.15, 0.2) is 54.6 Å². The zero-order chi connectivity index (χ0) is 17.5. The topological polar surface area (TPSA) is 72.2 Å². The van der Waals surface area contributed by atoms with Gasteiger partial charge < -0.3 is 11.1 Å². The summed E-state index contributed by atoms with van der Waals surface area (Å²) in [5, 5.41) is 2.67. The highest BCUT2D eigenvalue weighted by molar-refractivity contribution is 5.87. The van der Waals surface area contributed by atoms with Gasteiger partial charge in [-0.2, -0.15) is 0 Å². The molecule has 126 valence electrons. The number of hydrogen-bond donors (Lipinski definition) is 2. The van der Waals surface area contributed by atoms with E-state index in [1.54, 1.807) is 25.1 Å². The van der Waals surface area contributed by atoms with Crippen molar-refractivity contribution < 1.29 is 14.0 Å². The molecular weight excluding hydrogens is 307 g/mol. The monoisotopic (exact) mass is 328 g/mol. The Morgan fingerprint density at radius 3 is 2.29 bits per heavy atom. The number of carbonyl (C=O) groups excluding carboxylic acids is 2. The lowest BCUT2D eigenvalue weighted by Crippen LogP contribution is -2.47. The molecule has 2 aromatic rings. The van der Waals surface area contributed by atoms with Gasteiger partial charge in [-0.3, -0.25) is 9.59 Å². The maximum absolute atomic E-state index is 13.7. The van der Waals surface area contributed by atoms with Gasteiger partial charge in [-0.05, 0) is 23.6 Å². The summed E-state index contributed by atoms with van der Waals surface area (Å²) in [6, 6.07) is 14.9. The van der Waals surface area contributed by atoms with Gasteiger partial charge in [0.15, 0.2) is 0 Å². The largest absolute Gasteiger partial charge is 0.368 e. The molecule has 0 spiro atoms. The van der Waals surface area contributed by atoms with E-state index in [9.17, 15) is 14.0 Å². The van der Waals surface area contributed by atoms with Gasteiger partial charge in [0.05, 0.1) is 0 Å². The standard InChI is InChI=1S/C19H21FN2O2/c1-13(11-15-9-5-6-10-16(15)20)19(24)22-17(18(21)23)12-14-7-3-2-4-8-14/h2-10,13,17H,11-12H2,1H3,(H2,21,23)(H,22,24)/t13-,17+/m0/s1. The van der Waals surface area contributed by atoms with Gasteiger partial charge in [-0.1, -0.05) is 55.5 Å². The molecule has 2 amide bonds. The second-order valence-electron chi connectivity index (χ2n) is 5.85. The van der Waals surface area contributed by atoms with Crippen molar-refractivity contribution in [2.75, 3.05) is 0 Å². The van der Waals surface area contributed by atoms with Crippen molar-refractivity contribution in [3.8, 4) is 0 Å². The molecule has 2 rings (SSSR count). The first-order valence-electron chi connectivity index (χ1n) is 7.84. The van der Waals surface area contributed by atoms with Crippen molar-refractivity contribution >= 4 is 11.8 Å². The maximum Gasteiger partial charge on any atom is 0.240 e. The van der Waals surface area contributed by atoms with Gasteiger partial charge in [-0.25, -0.2) is 4.39 Å². The third kappa shape index (κ3) is 4.91. The summed E-state index contributed by atoms with van der Waals surface area (Å²) in [4.78, 5) is 23.9. The first kappa shape index (κ1) is 17.7. The fourth-order valence-corrected chi connectivity index (χ4v) is 2.47. The van der Waals surface area contributed by atoms with E-state index in [2.05, 4.69) is 5.32 Å². The molecule has 4 nitrogen and oxygen atoms in total. The van der Waals surface area contributed by atoms with Gasteiger partial charge in [0.2, 0.25) is 11.8 Å². The van der Waals surface area contributed by atoms with Crippen LogP contribution in [-0.4, -0.2) is 17.9 Å². The van der Waals surface area contributed by atoms with Crippen LogP contribution in [0, 0.1) is 11.7 Å². The number of nitrogens with two attached hydrogens (primary N) is 1. The zero-order valence-electron chi connectivity index (χ0n) is 13.5. The number of primary amides is 1. The van der Waals surface area contributed by atoms with Crippen molar-refractivity contribution in [2.24, 2.45) is 11.7 Å². The van der Waals surface area contributed by atoms with Crippen LogP contribution in [0.2, 0.25) is 0 Å². The number of hydrogen-bond acceptors (Lipinski definition) is 2. The van der Waals surface area contributed by atoms with E-state index in [0.717, 1.165) is 5.56 Å². The predicted molar refractivity (Wildman–Crippen MR) is 90.5 cm³/mol. The highest BCUT2D eigenvalue weighted by Crippen LogP contribution is 2.13. The van der Waals surface area contributed by atoms with Crippen LogP contribution in [0.3, 0.4) is 0 Å². The van der Waals surface area contributed by atoms with Gasteiger partial charge in [0.25, 0.3) is 0 Å². The van der Waals surface area contributed by atoms with Crippen LogP contribution in [-0.2, 0) is 22.4 Å². The van der Waals surface area contributed by atoms with E-state index >= 15 is 0 Å². The Balaban J connectivity index is 1.99. The minimum Gasteiger partial charge on any atom is -0.368 e. The third-order valence-corrected chi connectivity index (χ3v) is 3.87. The summed E-state index contributed by atoms with van der Waals surface area (Å²) >= 11 is 0. The normalized spacial score (nSPS) is 13.1. The molecule has 24 heavy (non-hydrogen) atoms. The Morgan fingerprint density at radius 1 is 1.04 bits per heavy atom. The minimum atomic E-state index is -0.789. The van der Waals surface area contributed by atoms with Crippen molar-refractivity contribution in [3.63, 3.8) is 0 Å². The molecule has 0 fully saturated rings. The predicted octanol–water partition coefficient (Wildman–Crippen LogP) is 2.22. The maximum atomic E-state index is 13.7. The molecule has 0 heterocycles. The van der Waals surface area contributed by atoms with Crippen molar-refractivity contribution in [2.45, 2.75) is 25.8 Å². The van der Waals surface area contributed by atoms with E-state index in [0.29, 0.717) is 12.0 Å². The molecule has 0 unspecified atom stereocenters. The Labute approximate surface area is 140 Å². The molecule has 5 heteroatoms. The molecule has 0 aliphatic carbocycles. The lowest BCUT2D eigenvalue weighted by Gasteiger charge is -2.19. The van der Waals surface area contributed by atoms with Crippen LogP contribution >= 0.6 is 0 Å². The molecule has 0 bridgehead atoms. The zero-order valence-corrected chi connectivity index (χ0v) is 13.5. The fraction of sp³-hybridized carbons (Fsp3) is 0.263. The second-order valence-corrected chi connectivity index (χ2v) is 5.85. The van der Waals surface area contributed by atoms with Crippen LogP contribution in [0.5, 0.6) is 0 Å². The minimum absolute atomic E-state index is 0.259. The molecule has 0 saturated heterocycles. The van der Waals surface area contributed by atoms with Crippen molar-refractivity contribution in [1.82, 2.24) is 5.32 Å². The molecule has 0 aromatic heterocycles. The number of benzene rings is 2. The van der Waals surface area contributed by atoms with E-state index < -0.39 is 17.9 Å². The Bertz CT molecular complexity index is 704. The lowest BCUT2D eigenvalue weighted by molar-refractivity contribution is -0.129. The van der Waals surface area contributed by atoms with Crippen molar-refractivity contribution in [3.05, 3.63) is 71.5 Å². The first-order chi connectivity index (χ1) is 11.5. The highest BCUT2D eigenvalue weighted by atomic mass is 19.1. The van der Waals surface area contributed by atoms with Gasteiger partial charge in [-0.15, -0.1) is 0 Å². The van der Waals surface area contributed by atoms with Crippen LogP contribution in [0.1, 0.15) is 18.1 Å². The first-order valence-corrected chi connectivity index (χ1v) is 7.84. The highest BCUT2D eigenvalue weighted by Gasteiger charge is 2.22. The van der Waals surface area contributed by atoms with Gasteiger partial charge in [0.1, 0.15) is 11.9 Å². The molecule has 3 N–H and O–H groups in total. The van der Waals surface area contributed by atoms with Crippen molar-refractivity contribution in [1.29, 1.82) is 0 Å². The van der Waals surface area contributed by atoms with E-state index in [4.69, 9.17) is 5.73 Å². The molecule has 2 aromatic carbocycles. The summed E-state index contributed by atoms with van der Waals surface area (Å²) < 4.78 is 13.7. The van der Waals surface area contributed by atoms with Gasteiger partial charge >= 0.3 is 0 Å². The smallest absolute Gasteiger partial charge is 0.240 e. The Hall–Kier alpha value is -2.69. The van der Waals surface area contributed by atoms with E-state index in [1.165, 1.54) is 6.07 Å². The molecule has 0 aliphatic heterocycles. The number of nitrogens with one attached hydrogen (secondary N) is 1. The molecule has 0 radical (unpaired) electrons. The lowest BCUT2D eigenvalue weighted by atomic mass is 9.98.